The maximum absolute atomic E-state index is 12.1. The molecule has 0 fully saturated rings. The minimum atomic E-state index is -0.0472. The fourth-order valence-electron chi connectivity index (χ4n) is 2.78. The molecule has 7 nitrogen and oxygen atoms in total. The van der Waals surface area contributed by atoms with Gasteiger partial charge in [0.2, 0.25) is 11.7 Å². The van der Waals surface area contributed by atoms with Gasteiger partial charge in [0.25, 0.3) is 0 Å². The van der Waals surface area contributed by atoms with Gasteiger partial charge in [-0.1, -0.05) is 0 Å². The molecule has 0 heterocycles. The second-order valence-electron chi connectivity index (χ2n) is 6.14. The molecule has 0 aliphatic heterocycles. The van der Waals surface area contributed by atoms with Crippen molar-refractivity contribution in [3.63, 3.8) is 0 Å². The van der Waals surface area contributed by atoms with Crippen LogP contribution in [0.1, 0.15) is 18.9 Å². The molecule has 0 aliphatic rings. The normalized spacial score (nSPS) is 10.2. The van der Waals surface area contributed by atoms with Gasteiger partial charge in [-0.3, -0.25) is 4.79 Å². The number of ether oxygens (including phenoxy) is 5. The lowest BCUT2D eigenvalue weighted by atomic mass is 10.1. The van der Waals surface area contributed by atoms with Gasteiger partial charge in [0, 0.05) is 6.42 Å². The molecular formula is C22H29NO6. The fourth-order valence-corrected chi connectivity index (χ4v) is 2.78. The molecule has 0 bridgehead atoms. The second-order valence-corrected chi connectivity index (χ2v) is 6.14. The summed E-state index contributed by atoms with van der Waals surface area (Å²) in [5, 5.41) is 2.86. The first kappa shape index (κ1) is 22.2. The van der Waals surface area contributed by atoms with Crippen molar-refractivity contribution < 1.29 is 28.5 Å². The Labute approximate surface area is 171 Å². The minimum Gasteiger partial charge on any atom is -0.494 e. The zero-order valence-electron chi connectivity index (χ0n) is 17.4. The number of carbonyl (C=O) groups is 1. The molecule has 0 aromatic heterocycles. The van der Waals surface area contributed by atoms with Crippen molar-refractivity contribution in [3.8, 4) is 28.7 Å². The molecule has 0 atom stereocenters. The molecule has 158 valence electrons. The topological polar surface area (TPSA) is 75.3 Å². The van der Waals surface area contributed by atoms with Crippen LogP contribution < -0.4 is 29.0 Å². The molecule has 29 heavy (non-hydrogen) atoms. The molecule has 0 radical (unpaired) electrons. The van der Waals surface area contributed by atoms with Gasteiger partial charge in [0.15, 0.2) is 11.5 Å². The van der Waals surface area contributed by atoms with Gasteiger partial charge >= 0.3 is 0 Å². The first-order valence-electron chi connectivity index (χ1n) is 9.52. The van der Waals surface area contributed by atoms with Crippen molar-refractivity contribution in [2.75, 3.05) is 41.1 Å². The van der Waals surface area contributed by atoms with E-state index in [1.807, 2.05) is 43.3 Å². The number of benzene rings is 2. The van der Waals surface area contributed by atoms with Gasteiger partial charge in [-0.05, 0) is 55.3 Å². The molecule has 7 heteroatoms. The van der Waals surface area contributed by atoms with Gasteiger partial charge in [-0.25, -0.2) is 0 Å². The lowest BCUT2D eigenvalue weighted by Gasteiger charge is -2.14. The van der Waals surface area contributed by atoms with Gasteiger partial charge in [0.05, 0.1) is 34.5 Å². The Morgan fingerprint density at radius 3 is 2.00 bits per heavy atom. The first-order valence-corrected chi connectivity index (χ1v) is 9.52. The van der Waals surface area contributed by atoms with Gasteiger partial charge in [-0.15, -0.1) is 0 Å². The minimum absolute atomic E-state index is 0.0472. The fraction of sp³-hybridized carbons (Fsp3) is 0.409. The second kappa shape index (κ2) is 11.7. The summed E-state index contributed by atoms with van der Waals surface area (Å²) < 4.78 is 27.0. The summed E-state index contributed by atoms with van der Waals surface area (Å²) in [6.45, 7) is 3.39. The Hall–Kier alpha value is -3.09. The van der Waals surface area contributed by atoms with E-state index in [0.29, 0.717) is 49.8 Å². The van der Waals surface area contributed by atoms with E-state index in [0.717, 1.165) is 17.1 Å². The van der Waals surface area contributed by atoms with Crippen LogP contribution in [-0.4, -0.2) is 47.0 Å². The van der Waals surface area contributed by atoms with Crippen LogP contribution in [0.3, 0.4) is 0 Å². The maximum atomic E-state index is 12.1. The highest BCUT2D eigenvalue weighted by Crippen LogP contribution is 2.38. The number of hydrogen-bond donors (Lipinski definition) is 1. The Balaban J connectivity index is 1.75. The van der Waals surface area contributed by atoms with Gasteiger partial charge in [0.1, 0.15) is 18.1 Å². The van der Waals surface area contributed by atoms with Crippen molar-refractivity contribution in [1.29, 1.82) is 0 Å². The highest BCUT2D eigenvalue weighted by molar-refractivity contribution is 5.76. The van der Waals surface area contributed by atoms with Crippen LogP contribution >= 0.6 is 0 Å². The summed E-state index contributed by atoms with van der Waals surface area (Å²) >= 11 is 0. The quantitative estimate of drug-likeness (QED) is 0.549. The Morgan fingerprint density at radius 2 is 1.48 bits per heavy atom. The first-order chi connectivity index (χ1) is 14.1. The van der Waals surface area contributed by atoms with E-state index < -0.39 is 0 Å². The Bertz CT molecular complexity index is 750. The summed E-state index contributed by atoms with van der Waals surface area (Å²) in [6, 6.07) is 11.1. The van der Waals surface area contributed by atoms with Gasteiger partial charge < -0.3 is 29.0 Å². The van der Waals surface area contributed by atoms with E-state index in [1.165, 1.54) is 0 Å². The van der Waals surface area contributed by atoms with E-state index in [-0.39, 0.29) is 5.91 Å². The third-order valence-corrected chi connectivity index (χ3v) is 4.19. The van der Waals surface area contributed by atoms with Crippen molar-refractivity contribution in [3.05, 3.63) is 42.0 Å². The average Bonchev–Trinajstić information content (AvgIpc) is 2.75. The van der Waals surface area contributed by atoms with Crippen molar-refractivity contribution in [2.45, 2.75) is 19.8 Å². The predicted molar refractivity (Wildman–Crippen MR) is 111 cm³/mol. The molecule has 0 saturated carbocycles. The highest BCUT2D eigenvalue weighted by Gasteiger charge is 2.13. The van der Waals surface area contributed by atoms with Crippen LogP contribution in [-0.2, 0) is 11.2 Å². The van der Waals surface area contributed by atoms with Crippen molar-refractivity contribution in [1.82, 2.24) is 5.32 Å². The smallest absolute Gasteiger partial charge is 0.220 e. The molecule has 2 aromatic carbocycles. The average molecular weight is 403 g/mol. The van der Waals surface area contributed by atoms with E-state index in [2.05, 4.69) is 5.32 Å². The van der Waals surface area contributed by atoms with Crippen LogP contribution in [0.2, 0.25) is 0 Å². The number of carbonyl (C=O) groups excluding carboxylic acids is 1. The lowest BCUT2D eigenvalue weighted by Crippen LogP contribution is -2.28. The highest BCUT2D eigenvalue weighted by atomic mass is 16.5. The summed E-state index contributed by atoms with van der Waals surface area (Å²) in [7, 11) is 4.69. The van der Waals surface area contributed by atoms with Gasteiger partial charge in [-0.2, -0.15) is 0 Å². The number of aryl methyl sites for hydroxylation is 1. The van der Waals surface area contributed by atoms with E-state index in [9.17, 15) is 4.79 Å². The molecule has 0 spiro atoms. The molecule has 1 N–H and O–H groups in total. The number of amides is 1. The summed E-state index contributed by atoms with van der Waals surface area (Å²) in [5.41, 5.74) is 0.931. The van der Waals surface area contributed by atoms with E-state index in [1.54, 1.807) is 21.3 Å². The van der Waals surface area contributed by atoms with E-state index >= 15 is 0 Å². The summed E-state index contributed by atoms with van der Waals surface area (Å²) in [6.07, 6.45) is 0.907. The van der Waals surface area contributed by atoms with Crippen LogP contribution in [0.5, 0.6) is 28.7 Å². The van der Waals surface area contributed by atoms with Crippen molar-refractivity contribution in [2.24, 2.45) is 0 Å². The zero-order valence-corrected chi connectivity index (χ0v) is 17.4. The van der Waals surface area contributed by atoms with Crippen LogP contribution in [0.4, 0.5) is 0 Å². The van der Waals surface area contributed by atoms with E-state index in [4.69, 9.17) is 23.7 Å². The number of methoxy groups -OCH3 is 3. The lowest BCUT2D eigenvalue weighted by molar-refractivity contribution is -0.121. The monoisotopic (exact) mass is 403 g/mol. The molecule has 0 saturated heterocycles. The molecule has 1 amide bonds. The Morgan fingerprint density at radius 1 is 0.897 bits per heavy atom. The standard InChI is InChI=1S/C22H29NO6/c1-5-28-17-7-9-18(10-8-17)29-13-12-23-21(24)11-6-16-14-19(25-2)22(27-4)20(15-16)26-3/h7-10,14-15H,5-6,11-13H2,1-4H3,(H,23,24). The maximum Gasteiger partial charge on any atom is 0.220 e. The predicted octanol–water partition coefficient (Wildman–Crippen LogP) is 3.24. The largest absolute Gasteiger partial charge is 0.494 e. The Kier molecular flexibility index (Phi) is 8.95. The third-order valence-electron chi connectivity index (χ3n) is 4.19. The summed E-state index contributed by atoms with van der Waals surface area (Å²) in [5.74, 6) is 3.18. The third kappa shape index (κ3) is 6.78. The zero-order chi connectivity index (χ0) is 21.1. The molecule has 0 unspecified atom stereocenters. The summed E-state index contributed by atoms with van der Waals surface area (Å²) in [4.78, 5) is 12.1. The van der Waals surface area contributed by atoms with Crippen LogP contribution in [0.25, 0.3) is 0 Å². The number of hydrogen-bond acceptors (Lipinski definition) is 6. The van der Waals surface area contributed by atoms with Crippen LogP contribution in [0, 0.1) is 0 Å². The molecule has 2 aromatic rings. The molecule has 0 aliphatic carbocycles. The number of nitrogens with one attached hydrogen (secondary N) is 1. The van der Waals surface area contributed by atoms with Crippen LogP contribution in [0.15, 0.2) is 36.4 Å². The number of rotatable bonds is 12. The molecule has 2 rings (SSSR count). The van der Waals surface area contributed by atoms with Crippen molar-refractivity contribution >= 4 is 5.91 Å². The SMILES string of the molecule is CCOc1ccc(OCCNC(=O)CCc2cc(OC)c(OC)c(OC)c2)cc1. The molecular weight excluding hydrogens is 374 g/mol.